The second-order valence-electron chi connectivity index (χ2n) is 9.87. The Morgan fingerprint density at radius 2 is 1.08 bits per heavy atom. The highest BCUT2D eigenvalue weighted by molar-refractivity contribution is 6.24. The van der Waals surface area contributed by atoms with E-state index in [2.05, 4.69) is 121 Å². The number of benzene rings is 7. The van der Waals surface area contributed by atoms with Crippen molar-refractivity contribution in [1.29, 1.82) is 0 Å². The summed E-state index contributed by atoms with van der Waals surface area (Å²) in [5, 5.41) is 13.5. The first-order valence-electron chi connectivity index (χ1n) is 12.9. The molecule has 0 radical (unpaired) electrons. The summed E-state index contributed by atoms with van der Waals surface area (Å²) in [6.07, 6.45) is 0. The third-order valence-corrected chi connectivity index (χ3v) is 7.61. The number of anilines is 2. The molecule has 0 saturated heterocycles. The molecule has 8 rings (SSSR count). The SMILES string of the molecule is c1ccc2c(c1)ccc1c(-c3ccc(Nc4ccc5oc6ccccc6c5c4)cc3)cc3ccccc3c12. The van der Waals surface area contributed by atoms with E-state index in [1.165, 1.54) is 43.4 Å². The highest BCUT2D eigenvalue weighted by Crippen LogP contribution is 2.39. The number of hydrogen-bond donors (Lipinski definition) is 1. The fourth-order valence-electron chi connectivity index (χ4n) is 5.81. The second kappa shape index (κ2) is 8.22. The molecule has 7 aromatic carbocycles. The van der Waals surface area contributed by atoms with Crippen LogP contribution in [0.15, 0.2) is 138 Å². The van der Waals surface area contributed by atoms with Crippen LogP contribution in [0.3, 0.4) is 0 Å². The summed E-state index contributed by atoms with van der Waals surface area (Å²) in [5.74, 6) is 0. The van der Waals surface area contributed by atoms with Crippen LogP contribution < -0.4 is 5.32 Å². The molecule has 1 N–H and O–H groups in total. The van der Waals surface area contributed by atoms with Crippen molar-refractivity contribution in [2.45, 2.75) is 0 Å². The van der Waals surface area contributed by atoms with Gasteiger partial charge in [0.15, 0.2) is 0 Å². The quantitative estimate of drug-likeness (QED) is 0.252. The van der Waals surface area contributed by atoms with Crippen LogP contribution in [0.1, 0.15) is 0 Å². The van der Waals surface area contributed by atoms with E-state index >= 15 is 0 Å². The molecule has 38 heavy (non-hydrogen) atoms. The minimum atomic E-state index is 0.905. The van der Waals surface area contributed by atoms with Crippen LogP contribution in [0.2, 0.25) is 0 Å². The van der Waals surface area contributed by atoms with Crippen molar-refractivity contribution in [1.82, 2.24) is 0 Å². The Morgan fingerprint density at radius 3 is 1.92 bits per heavy atom. The lowest BCUT2D eigenvalue weighted by molar-refractivity contribution is 0.669. The average Bonchev–Trinajstić information content (AvgIpc) is 3.35. The standard InChI is InChI=1S/C36H23NO/c1-3-9-28-23(7-1)15-19-31-32(21-25-8-2-4-10-29(25)36(28)31)24-13-16-26(17-14-24)37-27-18-20-35-33(22-27)30-11-5-6-12-34(30)38-35/h1-22,37H. The summed E-state index contributed by atoms with van der Waals surface area (Å²) < 4.78 is 5.99. The van der Waals surface area contributed by atoms with Crippen molar-refractivity contribution >= 4 is 65.6 Å². The average molecular weight is 486 g/mol. The topological polar surface area (TPSA) is 25.2 Å². The van der Waals surface area contributed by atoms with E-state index in [0.717, 1.165) is 33.3 Å². The van der Waals surface area contributed by atoms with Crippen molar-refractivity contribution in [3.8, 4) is 11.1 Å². The van der Waals surface area contributed by atoms with Crippen LogP contribution in [-0.4, -0.2) is 0 Å². The van der Waals surface area contributed by atoms with Crippen LogP contribution in [0.25, 0.3) is 65.4 Å². The maximum Gasteiger partial charge on any atom is 0.135 e. The molecule has 178 valence electrons. The molecule has 0 spiro atoms. The Labute approximate surface area is 219 Å². The maximum absolute atomic E-state index is 5.99. The molecule has 0 bridgehead atoms. The van der Waals surface area contributed by atoms with Crippen molar-refractivity contribution in [2.24, 2.45) is 0 Å². The van der Waals surface area contributed by atoms with Crippen molar-refractivity contribution in [3.05, 3.63) is 133 Å². The predicted molar refractivity (Wildman–Crippen MR) is 161 cm³/mol. The van der Waals surface area contributed by atoms with E-state index in [1.807, 2.05) is 18.2 Å². The van der Waals surface area contributed by atoms with Gasteiger partial charge in [0, 0.05) is 22.1 Å². The molecule has 0 fully saturated rings. The van der Waals surface area contributed by atoms with Crippen LogP contribution in [0.4, 0.5) is 11.4 Å². The van der Waals surface area contributed by atoms with E-state index in [4.69, 9.17) is 4.42 Å². The lowest BCUT2D eigenvalue weighted by Gasteiger charge is -2.14. The summed E-state index contributed by atoms with van der Waals surface area (Å²) in [7, 11) is 0. The molecular formula is C36H23NO. The molecule has 1 aromatic heterocycles. The largest absolute Gasteiger partial charge is 0.456 e. The van der Waals surface area contributed by atoms with Gasteiger partial charge >= 0.3 is 0 Å². The van der Waals surface area contributed by atoms with Gasteiger partial charge in [-0.15, -0.1) is 0 Å². The van der Waals surface area contributed by atoms with E-state index in [-0.39, 0.29) is 0 Å². The van der Waals surface area contributed by atoms with E-state index < -0.39 is 0 Å². The first-order chi connectivity index (χ1) is 18.8. The fraction of sp³-hybridized carbons (Fsp3) is 0. The molecule has 0 atom stereocenters. The van der Waals surface area contributed by atoms with Crippen LogP contribution in [-0.2, 0) is 0 Å². The Morgan fingerprint density at radius 1 is 0.421 bits per heavy atom. The van der Waals surface area contributed by atoms with Gasteiger partial charge in [-0.05, 0) is 85.9 Å². The van der Waals surface area contributed by atoms with Crippen molar-refractivity contribution in [3.63, 3.8) is 0 Å². The molecular weight excluding hydrogens is 462 g/mol. The summed E-state index contributed by atoms with van der Waals surface area (Å²) in [5.41, 5.74) is 6.37. The van der Waals surface area contributed by atoms with Gasteiger partial charge in [0.25, 0.3) is 0 Å². The first kappa shape index (κ1) is 21.0. The molecule has 0 saturated carbocycles. The zero-order valence-electron chi connectivity index (χ0n) is 20.6. The van der Waals surface area contributed by atoms with Crippen LogP contribution in [0, 0.1) is 0 Å². The number of fused-ring (bicyclic) bond motifs is 8. The van der Waals surface area contributed by atoms with Gasteiger partial charge in [-0.2, -0.15) is 0 Å². The van der Waals surface area contributed by atoms with Crippen molar-refractivity contribution in [2.75, 3.05) is 5.32 Å². The summed E-state index contributed by atoms with van der Waals surface area (Å²) in [4.78, 5) is 0. The zero-order chi connectivity index (χ0) is 25.1. The lowest BCUT2D eigenvalue weighted by atomic mass is 9.90. The second-order valence-corrected chi connectivity index (χ2v) is 9.87. The number of rotatable bonds is 3. The van der Waals surface area contributed by atoms with Gasteiger partial charge < -0.3 is 9.73 Å². The number of nitrogens with one attached hydrogen (secondary N) is 1. The third-order valence-electron chi connectivity index (χ3n) is 7.61. The predicted octanol–water partition coefficient (Wildman–Crippen LogP) is 10.5. The van der Waals surface area contributed by atoms with E-state index in [9.17, 15) is 0 Å². The molecule has 2 nitrogen and oxygen atoms in total. The first-order valence-corrected chi connectivity index (χ1v) is 12.9. The van der Waals surface area contributed by atoms with Gasteiger partial charge in [0.2, 0.25) is 0 Å². The highest BCUT2D eigenvalue weighted by Gasteiger charge is 2.12. The molecule has 8 aromatic rings. The summed E-state index contributed by atoms with van der Waals surface area (Å²) in [6.45, 7) is 0. The summed E-state index contributed by atoms with van der Waals surface area (Å²) in [6, 6.07) is 47.4. The van der Waals surface area contributed by atoms with Gasteiger partial charge in [0.05, 0.1) is 0 Å². The molecule has 2 heteroatoms. The lowest BCUT2D eigenvalue weighted by Crippen LogP contribution is -1.90. The van der Waals surface area contributed by atoms with Gasteiger partial charge in [-0.1, -0.05) is 91.0 Å². The Bertz CT molecular complexity index is 2140. The normalized spacial score (nSPS) is 11.7. The van der Waals surface area contributed by atoms with Gasteiger partial charge in [-0.25, -0.2) is 0 Å². The number of para-hydroxylation sites is 1. The molecule has 0 unspecified atom stereocenters. The Balaban J connectivity index is 1.22. The summed E-state index contributed by atoms with van der Waals surface area (Å²) >= 11 is 0. The van der Waals surface area contributed by atoms with Crippen LogP contribution in [0.5, 0.6) is 0 Å². The molecule has 1 heterocycles. The molecule has 0 aliphatic carbocycles. The van der Waals surface area contributed by atoms with Gasteiger partial charge in [-0.3, -0.25) is 0 Å². The third kappa shape index (κ3) is 3.28. The van der Waals surface area contributed by atoms with E-state index in [0.29, 0.717) is 0 Å². The van der Waals surface area contributed by atoms with Crippen molar-refractivity contribution < 1.29 is 4.42 Å². The monoisotopic (exact) mass is 485 g/mol. The minimum Gasteiger partial charge on any atom is -0.456 e. The molecule has 0 amide bonds. The number of furan rings is 1. The minimum absolute atomic E-state index is 0.905. The maximum atomic E-state index is 5.99. The molecule has 0 aliphatic heterocycles. The zero-order valence-corrected chi connectivity index (χ0v) is 20.6. The Kier molecular flexibility index (Phi) is 4.55. The number of hydrogen-bond acceptors (Lipinski definition) is 2. The molecule has 0 aliphatic rings. The smallest absolute Gasteiger partial charge is 0.135 e. The van der Waals surface area contributed by atoms with E-state index in [1.54, 1.807) is 0 Å². The fourth-order valence-corrected chi connectivity index (χ4v) is 5.81. The van der Waals surface area contributed by atoms with Crippen LogP contribution >= 0.6 is 0 Å². The Hall–Kier alpha value is -5.08. The highest BCUT2D eigenvalue weighted by atomic mass is 16.3. The van der Waals surface area contributed by atoms with Gasteiger partial charge in [0.1, 0.15) is 11.2 Å².